The number of methoxy groups -OCH3 is 2. The van der Waals surface area contributed by atoms with Crippen LogP contribution < -0.4 is 9.47 Å². The Labute approximate surface area is 297 Å². The highest BCUT2D eigenvalue weighted by atomic mass is 79.9. The Kier molecular flexibility index (Phi) is 8.58. The number of piperidine rings is 1. The average molecular weight is 761 g/mol. The van der Waals surface area contributed by atoms with Crippen LogP contribution in [0.1, 0.15) is 42.7 Å². The number of amides is 4. The highest BCUT2D eigenvalue weighted by molar-refractivity contribution is 9.09. The smallest absolute Gasteiger partial charge is 0.254 e. The Morgan fingerprint density at radius 2 is 1.58 bits per heavy atom. The average Bonchev–Trinajstić information content (AvgIpc) is 3.43. The van der Waals surface area contributed by atoms with E-state index in [-0.39, 0.29) is 53.4 Å². The van der Waals surface area contributed by atoms with Gasteiger partial charge in [0.25, 0.3) is 11.8 Å². The van der Waals surface area contributed by atoms with Crippen LogP contribution in [0.4, 0.5) is 0 Å². The number of carbonyl (C=O) groups excluding carboxylic acids is 4. The molecule has 0 radical (unpaired) electrons. The number of likely N-dealkylation sites (tertiary alicyclic amines) is 3. The molecule has 13 heteroatoms. The summed E-state index contributed by atoms with van der Waals surface area (Å²) in [5.41, 5.74) is 2.18. The third kappa shape index (κ3) is 4.75. The number of hydrogen-bond donors (Lipinski definition) is 1. The van der Waals surface area contributed by atoms with Gasteiger partial charge in [-0.3, -0.25) is 33.9 Å². The molecular formula is C35H36BrCl2N3O7. The zero-order valence-corrected chi connectivity index (χ0v) is 29.6. The molecule has 0 bridgehead atoms. The fraction of sp³-hybridized carbons (Fsp3) is 0.486. The van der Waals surface area contributed by atoms with Crippen molar-refractivity contribution in [1.29, 1.82) is 0 Å². The number of aromatic hydroxyl groups is 1. The first-order valence-electron chi connectivity index (χ1n) is 16.1. The minimum absolute atomic E-state index is 0.0761. The van der Waals surface area contributed by atoms with E-state index in [2.05, 4.69) is 33.0 Å². The van der Waals surface area contributed by atoms with Gasteiger partial charge in [-0.2, -0.15) is 0 Å². The van der Waals surface area contributed by atoms with Crippen LogP contribution in [-0.4, -0.2) is 92.0 Å². The molecule has 4 amide bonds. The van der Waals surface area contributed by atoms with Crippen LogP contribution in [0.3, 0.4) is 0 Å². The first-order valence-corrected chi connectivity index (χ1v) is 18.0. The Balaban J connectivity index is 1.25. The minimum Gasteiger partial charge on any atom is -0.502 e. The largest absolute Gasteiger partial charge is 0.502 e. The number of benzene rings is 2. The summed E-state index contributed by atoms with van der Waals surface area (Å²) >= 11 is 18.0. The van der Waals surface area contributed by atoms with Crippen molar-refractivity contribution < 1.29 is 33.8 Å². The number of phenolic OH excluding ortho intramolecular Hbond substituents is 1. The normalized spacial score (nSPS) is 32.2. The number of allylic oxidation sites excluding steroid dienone is 2. The molecule has 3 aliphatic heterocycles. The molecule has 0 unspecified atom stereocenters. The number of alkyl halides is 3. The lowest BCUT2D eigenvalue weighted by molar-refractivity contribution is -0.144. The molecule has 3 heterocycles. The molecule has 0 spiro atoms. The second kappa shape index (κ2) is 12.3. The quantitative estimate of drug-likeness (QED) is 0.186. The Bertz CT molecular complexity index is 1690. The van der Waals surface area contributed by atoms with Gasteiger partial charge in [0, 0.05) is 31.6 Å². The minimum atomic E-state index is -1.97. The van der Waals surface area contributed by atoms with Crippen molar-refractivity contribution >= 4 is 62.8 Å². The predicted molar refractivity (Wildman–Crippen MR) is 181 cm³/mol. The van der Waals surface area contributed by atoms with Gasteiger partial charge in [-0.1, -0.05) is 57.9 Å². The molecule has 10 nitrogen and oxygen atoms in total. The summed E-state index contributed by atoms with van der Waals surface area (Å²) in [7, 11) is 2.77. The SMILES string of the molecule is COc1cc([C@H]2C3=CC[C@@H]4C(=O)N(C5CCN(Cc6ccccc6)CC5)C(=O)[C@@H]4[C@@H]3C[C@@]3(Cl)C(=O)N(CBr)C(=O)[C@@]23Cl)cc(OC)c1O. The fourth-order valence-corrected chi connectivity index (χ4v) is 10.2. The molecule has 7 rings (SSSR count). The maximum atomic E-state index is 14.5. The Morgan fingerprint density at radius 1 is 0.938 bits per heavy atom. The van der Waals surface area contributed by atoms with E-state index in [4.69, 9.17) is 32.7 Å². The lowest BCUT2D eigenvalue weighted by Crippen LogP contribution is -2.60. The molecule has 1 N–H and O–H groups in total. The number of ether oxygens (including phenoxy) is 2. The van der Waals surface area contributed by atoms with Crippen molar-refractivity contribution in [3.63, 3.8) is 0 Å². The molecule has 254 valence electrons. The zero-order valence-electron chi connectivity index (χ0n) is 26.5. The first-order chi connectivity index (χ1) is 23.0. The number of nitrogens with zero attached hydrogens (tertiary/aromatic N) is 3. The second-order valence-electron chi connectivity index (χ2n) is 13.3. The molecule has 2 aliphatic carbocycles. The van der Waals surface area contributed by atoms with Crippen molar-refractivity contribution in [2.75, 3.05) is 32.8 Å². The van der Waals surface area contributed by atoms with Crippen LogP contribution >= 0.6 is 39.1 Å². The predicted octanol–water partition coefficient (Wildman–Crippen LogP) is 4.79. The third-order valence-corrected chi connectivity index (χ3v) is 13.0. The number of phenols is 1. The second-order valence-corrected chi connectivity index (χ2v) is 15.0. The van der Waals surface area contributed by atoms with Gasteiger partial charge < -0.3 is 14.6 Å². The van der Waals surface area contributed by atoms with Gasteiger partial charge in [-0.05, 0) is 54.9 Å². The number of halogens is 3. The number of fused-ring (bicyclic) bond motifs is 4. The summed E-state index contributed by atoms with van der Waals surface area (Å²) in [5.74, 6) is -4.91. The number of imide groups is 2. The topological polar surface area (TPSA) is 117 Å². The number of hydrogen-bond acceptors (Lipinski definition) is 8. The molecule has 4 fully saturated rings. The highest BCUT2D eigenvalue weighted by Crippen LogP contribution is 2.66. The third-order valence-electron chi connectivity index (χ3n) is 11.1. The van der Waals surface area contributed by atoms with Gasteiger partial charge in [0.2, 0.25) is 17.6 Å². The van der Waals surface area contributed by atoms with Gasteiger partial charge in [-0.15, -0.1) is 23.2 Å². The molecule has 0 aromatic heterocycles. The van der Waals surface area contributed by atoms with Gasteiger partial charge in [0.1, 0.15) is 0 Å². The van der Waals surface area contributed by atoms with Crippen molar-refractivity contribution in [3.8, 4) is 17.2 Å². The summed E-state index contributed by atoms with van der Waals surface area (Å²) in [6.45, 7) is 2.31. The molecule has 3 saturated heterocycles. The first kappa shape index (κ1) is 33.4. The Hall–Kier alpha value is -3.12. The van der Waals surface area contributed by atoms with E-state index in [1.54, 1.807) is 12.1 Å². The van der Waals surface area contributed by atoms with Crippen molar-refractivity contribution in [1.82, 2.24) is 14.7 Å². The number of rotatable bonds is 7. The standard InChI is InChI=1S/C35H36BrCl2N3O7/c1-47-25-14-20(15-26(48-2)29(25)42)28-22-8-9-23-27(24(22)16-34(37)32(45)40(18-36)33(46)35(28,34)38)31(44)41(30(23)43)21-10-12-39(13-11-21)17-19-6-4-3-5-7-19/h3-8,14-15,21,23-24,27-28,42H,9-13,16-18H2,1-2H3/t23-,24+,27-,28-,34+,35-/m0/s1. The Morgan fingerprint density at radius 3 is 2.19 bits per heavy atom. The van der Waals surface area contributed by atoms with E-state index in [1.165, 1.54) is 24.7 Å². The maximum Gasteiger partial charge on any atom is 0.254 e. The van der Waals surface area contributed by atoms with E-state index in [0.717, 1.165) is 24.5 Å². The fourth-order valence-electron chi connectivity index (χ4n) is 8.77. The van der Waals surface area contributed by atoms with Crippen LogP contribution in [0.2, 0.25) is 0 Å². The summed E-state index contributed by atoms with van der Waals surface area (Å²) < 4.78 is 10.9. The van der Waals surface area contributed by atoms with Crippen molar-refractivity contribution in [3.05, 3.63) is 65.2 Å². The number of carbonyl (C=O) groups is 4. The summed E-state index contributed by atoms with van der Waals surface area (Å²) in [6, 6.07) is 13.1. The van der Waals surface area contributed by atoms with Gasteiger partial charge in [0.15, 0.2) is 21.2 Å². The van der Waals surface area contributed by atoms with Gasteiger partial charge >= 0.3 is 0 Å². The van der Waals surface area contributed by atoms with Crippen LogP contribution in [0, 0.1) is 17.8 Å². The molecular weight excluding hydrogens is 725 g/mol. The highest BCUT2D eigenvalue weighted by Gasteiger charge is 2.76. The van der Waals surface area contributed by atoms with Crippen LogP contribution in [0.25, 0.3) is 0 Å². The van der Waals surface area contributed by atoms with Crippen LogP contribution in [0.5, 0.6) is 17.2 Å². The molecule has 2 aromatic rings. The lowest BCUT2D eigenvalue weighted by atomic mass is 9.56. The van der Waals surface area contributed by atoms with Gasteiger partial charge in [-0.25, -0.2) is 0 Å². The van der Waals surface area contributed by atoms with E-state index in [0.29, 0.717) is 24.0 Å². The summed E-state index contributed by atoms with van der Waals surface area (Å²) in [5, 5.41) is 10.7. The van der Waals surface area contributed by atoms with Gasteiger partial charge in [0.05, 0.1) is 31.5 Å². The molecule has 1 saturated carbocycles. The molecule has 6 atom stereocenters. The molecule has 48 heavy (non-hydrogen) atoms. The van der Waals surface area contributed by atoms with Crippen LogP contribution in [0.15, 0.2) is 54.1 Å². The summed E-state index contributed by atoms with van der Waals surface area (Å²) in [6.07, 6.45) is 3.42. The van der Waals surface area contributed by atoms with Crippen LogP contribution in [-0.2, 0) is 25.7 Å². The molecule has 5 aliphatic rings. The van der Waals surface area contributed by atoms with E-state index in [1.807, 2.05) is 24.3 Å². The monoisotopic (exact) mass is 759 g/mol. The van der Waals surface area contributed by atoms with E-state index >= 15 is 0 Å². The molecule has 2 aromatic carbocycles. The van der Waals surface area contributed by atoms with Crippen molar-refractivity contribution in [2.45, 2.75) is 53.9 Å². The lowest BCUT2D eigenvalue weighted by Gasteiger charge is -2.50. The van der Waals surface area contributed by atoms with E-state index < -0.39 is 45.2 Å². The zero-order chi connectivity index (χ0) is 34.1. The summed E-state index contributed by atoms with van der Waals surface area (Å²) in [4.78, 5) is 57.4. The van der Waals surface area contributed by atoms with Crippen molar-refractivity contribution in [2.24, 2.45) is 17.8 Å². The maximum absolute atomic E-state index is 14.5. The van der Waals surface area contributed by atoms with E-state index in [9.17, 15) is 24.3 Å².